The van der Waals surface area contributed by atoms with E-state index in [4.69, 9.17) is 39.5 Å². The quantitative estimate of drug-likeness (QED) is 0.854. The molecule has 0 saturated heterocycles. The number of halogens is 3. The number of carboxylic acid groups (broad SMARTS) is 1. The van der Waals surface area contributed by atoms with Crippen molar-refractivity contribution in [3.8, 4) is 5.75 Å². The highest BCUT2D eigenvalue weighted by atomic mass is 35.5. The number of carbonyl (C=O) groups excluding carboxylic acids is 2. The van der Waals surface area contributed by atoms with Crippen LogP contribution in [0.1, 0.15) is 6.42 Å². The van der Waals surface area contributed by atoms with E-state index >= 15 is 0 Å². The molecule has 0 fully saturated rings. The second-order valence-corrected chi connectivity index (χ2v) is 4.71. The van der Waals surface area contributed by atoms with Crippen molar-refractivity contribution in [1.82, 2.24) is 5.32 Å². The molecule has 0 spiro atoms. The summed E-state index contributed by atoms with van der Waals surface area (Å²) in [5.41, 5.74) is 0. The van der Waals surface area contributed by atoms with Gasteiger partial charge in [-0.15, -0.1) is 0 Å². The summed E-state index contributed by atoms with van der Waals surface area (Å²) in [6.07, 6.45) is -0.270. The second-order valence-electron chi connectivity index (χ2n) is 3.46. The van der Waals surface area contributed by atoms with Gasteiger partial charge in [0.2, 0.25) is 0 Å². The van der Waals surface area contributed by atoms with Gasteiger partial charge in [0.05, 0.1) is 10.0 Å². The molecule has 1 amide bonds. The van der Waals surface area contributed by atoms with E-state index in [0.29, 0.717) is 5.02 Å². The maximum absolute atomic E-state index is 11.3. The average molecular weight is 326 g/mol. The Morgan fingerprint density at radius 1 is 1.21 bits per heavy atom. The summed E-state index contributed by atoms with van der Waals surface area (Å²) in [5.74, 6) is -1.60. The molecule has 0 unspecified atom stereocenters. The van der Waals surface area contributed by atoms with Gasteiger partial charge in [-0.05, 0) is 12.1 Å². The normalized spacial score (nSPS) is 10.1. The van der Waals surface area contributed by atoms with Crippen LogP contribution in [0.3, 0.4) is 0 Å². The van der Waals surface area contributed by atoms with Gasteiger partial charge in [-0.1, -0.05) is 34.8 Å². The third kappa shape index (κ3) is 5.55. The molecule has 0 aliphatic heterocycles. The highest BCUT2D eigenvalue weighted by Gasteiger charge is 2.11. The molecule has 5 nitrogen and oxygen atoms in total. The zero-order valence-corrected chi connectivity index (χ0v) is 11.8. The maximum atomic E-state index is 11.3. The first kappa shape index (κ1) is 15.9. The molecule has 0 saturated carbocycles. The second kappa shape index (κ2) is 7.43. The molecule has 0 aromatic heterocycles. The number of ether oxygens (including phenoxy) is 1. The summed E-state index contributed by atoms with van der Waals surface area (Å²) in [7, 11) is 0. The van der Waals surface area contributed by atoms with Crippen molar-refractivity contribution in [3.63, 3.8) is 0 Å². The van der Waals surface area contributed by atoms with Crippen molar-refractivity contribution in [2.45, 2.75) is 6.42 Å². The largest absolute Gasteiger partial charge is 0.550 e. The SMILES string of the molecule is O=C([O-])CCNC(=O)COc1c(Cl)cc(Cl)cc1Cl. The van der Waals surface area contributed by atoms with Crippen molar-refractivity contribution < 1.29 is 19.4 Å². The monoisotopic (exact) mass is 324 g/mol. The number of carboxylic acids is 1. The zero-order valence-electron chi connectivity index (χ0n) is 9.54. The Hall–Kier alpha value is -1.17. The Balaban J connectivity index is 2.48. The number of amides is 1. The lowest BCUT2D eigenvalue weighted by Crippen LogP contribution is -2.33. The minimum atomic E-state index is -1.25. The van der Waals surface area contributed by atoms with Crippen LogP contribution in [0.4, 0.5) is 0 Å². The van der Waals surface area contributed by atoms with Crippen LogP contribution in [0.2, 0.25) is 15.1 Å². The summed E-state index contributed by atoms with van der Waals surface area (Å²) >= 11 is 17.4. The molecule has 1 aromatic rings. The highest BCUT2D eigenvalue weighted by Crippen LogP contribution is 2.35. The van der Waals surface area contributed by atoms with E-state index in [2.05, 4.69) is 5.32 Å². The van der Waals surface area contributed by atoms with Gasteiger partial charge in [-0.3, -0.25) is 4.79 Å². The fourth-order valence-corrected chi connectivity index (χ4v) is 2.09. The van der Waals surface area contributed by atoms with Gasteiger partial charge < -0.3 is 20.0 Å². The van der Waals surface area contributed by atoms with Crippen LogP contribution in [0, 0.1) is 0 Å². The first-order valence-corrected chi connectivity index (χ1v) is 6.27. The molecule has 0 atom stereocenters. The number of benzene rings is 1. The van der Waals surface area contributed by atoms with E-state index in [1.807, 2.05) is 0 Å². The van der Waals surface area contributed by atoms with Crippen LogP contribution < -0.4 is 15.2 Å². The summed E-state index contributed by atoms with van der Waals surface area (Å²) < 4.78 is 5.14. The van der Waals surface area contributed by atoms with Crippen LogP contribution in [0.15, 0.2) is 12.1 Å². The van der Waals surface area contributed by atoms with Crippen molar-refractivity contribution in [3.05, 3.63) is 27.2 Å². The number of rotatable bonds is 6. The molecule has 8 heteroatoms. The molecule has 0 heterocycles. The molecule has 19 heavy (non-hydrogen) atoms. The number of aliphatic carboxylic acids is 1. The minimum Gasteiger partial charge on any atom is -0.550 e. The van der Waals surface area contributed by atoms with Crippen molar-refractivity contribution in [2.24, 2.45) is 0 Å². The fourth-order valence-electron chi connectivity index (χ4n) is 1.16. The lowest BCUT2D eigenvalue weighted by molar-refractivity contribution is -0.305. The Kier molecular flexibility index (Phi) is 6.21. The zero-order chi connectivity index (χ0) is 14.4. The summed E-state index contributed by atoms with van der Waals surface area (Å²) in [5, 5.41) is 13.2. The first-order valence-electron chi connectivity index (χ1n) is 5.14. The van der Waals surface area contributed by atoms with Gasteiger partial charge in [-0.25, -0.2) is 0 Å². The van der Waals surface area contributed by atoms with Crippen LogP contribution in [-0.2, 0) is 9.59 Å². The molecule has 0 aliphatic carbocycles. The van der Waals surface area contributed by atoms with Crippen molar-refractivity contribution in [1.29, 1.82) is 0 Å². The van der Waals surface area contributed by atoms with Gasteiger partial charge in [0.15, 0.2) is 12.4 Å². The van der Waals surface area contributed by atoms with E-state index in [1.54, 1.807) is 0 Å². The van der Waals surface area contributed by atoms with Crippen LogP contribution in [0.5, 0.6) is 5.75 Å². The van der Waals surface area contributed by atoms with Gasteiger partial charge in [-0.2, -0.15) is 0 Å². The summed E-state index contributed by atoms with van der Waals surface area (Å²) in [4.78, 5) is 21.5. The van der Waals surface area contributed by atoms with E-state index < -0.39 is 11.9 Å². The van der Waals surface area contributed by atoms with Crippen LogP contribution >= 0.6 is 34.8 Å². The molecule has 1 rings (SSSR count). The van der Waals surface area contributed by atoms with E-state index in [9.17, 15) is 14.7 Å². The Bertz CT molecular complexity index is 470. The standard InChI is InChI=1S/C11H10Cl3NO4/c12-6-3-7(13)11(8(14)4-6)19-5-9(16)15-2-1-10(17)18/h3-4H,1-2,5H2,(H,15,16)(H,17,18)/p-1. The lowest BCUT2D eigenvalue weighted by Gasteiger charge is -2.10. The number of hydrogen-bond acceptors (Lipinski definition) is 4. The number of nitrogens with one attached hydrogen (secondary N) is 1. The van der Waals surface area contributed by atoms with Crippen molar-refractivity contribution in [2.75, 3.05) is 13.2 Å². The van der Waals surface area contributed by atoms with Crippen molar-refractivity contribution >= 4 is 46.7 Å². The Labute approximate surface area is 124 Å². The average Bonchev–Trinajstić information content (AvgIpc) is 2.26. The van der Waals surface area contributed by atoms with E-state index in [-0.39, 0.29) is 35.4 Å². The minimum absolute atomic E-state index is 0.0351. The molecule has 104 valence electrons. The van der Waals surface area contributed by atoms with Crippen LogP contribution in [0.25, 0.3) is 0 Å². The topological polar surface area (TPSA) is 78.5 Å². The van der Waals surface area contributed by atoms with Crippen LogP contribution in [-0.4, -0.2) is 25.0 Å². The first-order chi connectivity index (χ1) is 8.90. The molecule has 1 N–H and O–H groups in total. The lowest BCUT2D eigenvalue weighted by atomic mass is 10.3. The summed E-state index contributed by atoms with van der Waals surface area (Å²) in [6.45, 7) is -0.374. The smallest absolute Gasteiger partial charge is 0.257 e. The Morgan fingerprint density at radius 3 is 2.32 bits per heavy atom. The molecule has 0 aliphatic rings. The van der Waals surface area contributed by atoms with Gasteiger partial charge in [0.25, 0.3) is 5.91 Å². The predicted octanol–water partition coefficient (Wildman–Crippen LogP) is 1.28. The highest BCUT2D eigenvalue weighted by molar-refractivity contribution is 6.40. The molecule has 0 radical (unpaired) electrons. The van der Waals surface area contributed by atoms with Gasteiger partial charge in [0, 0.05) is 24.0 Å². The third-order valence-electron chi connectivity index (χ3n) is 1.96. The maximum Gasteiger partial charge on any atom is 0.257 e. The molecular formula is C11H9Cl3NO4-. The predicted molar refractivity (Wildman–Crippen MR) is 69.6 cm³/mol. The molecular weight excluding hydrogens is 316 g/mol. The summed E-state index contributed by atoms with van der Waals surface area (Å²) in [6, 6.07) is 2.86. The fraction of sp³-hybridized carbons (Fsp3) is 0.273. The number of hydrogen-bond donors (Lipinski definition) is 1. The van der Waals surface area contributed by atoms with Gasteiger partial charge >= 0.3 is 0 Å². The van der Waals surface area contributed by atoms with E-state index in [1.165, 1.54) is 12.1 Å². The molecule has 0 bridgehead atoms. The number of carbonyl (C=O) groups is 2. The molecule has 1 aromatic carbocycles. The van der Waals surface area contributed by atoms with Gasteiger partial charge in [0.1, 0.15) is 0 Å². The Morgan fingerprint density at radius 2 is 1.79 bits per heavy atom. The van der Waals surface area contributed by atoms with E-state index in [0.717, 1.165) is 0 Å². The third-order valence-corrected chi connectivity index (χ3v) is 2.74.